The first-order valence-electron chi connectivity index (χ1n) is 9.91. The van der Waals surface area contributed by atoms with Crippen molar-refractivity contribution in [2.24, 2.45) is 0 Å². The van der Waals surface area contributed by atoms with E-state index < -0.39 is 30.3 Å². The quantitative estimate of drug-likeness (QED) is 0.556. The van der Waals surface area contributed by atoms with Crippen LogP contribution in [0.25, 0.3) is 0 Å². The fourth-order valence-corrected chi connectivity index (χ4v) is 23.5. The van der Waals surface area contributed by atoms with E-state index in [2.05, 4.69) is 32.4 Å². The zero-order valence-electron chi connectivity index (χ0n) is 15.8. The van der Waals surface area contributed by atoms with E-state index in [1.54, 1.807) is 11.1 Å². The van der Waals surface area contributed by atoms with Crippen LogP contribution in [0.2, 0.25) is 20.3 Å². The Labute approximate surface area is 168 Å². The molecule has 0 aromatic heterocycles. The Balaban J connectivity index is 0.00000157. The molecule has 4 aliphatic carbocycles. The van der Waals surface area contributed by atoms with Gasteiger partial charge in [0.05, 0.1) is 0 Å². The molecule has 0 spiro atoms. The van der Waals surface area contributed by atoms with E-state index in [1.807, 2.05) is 21.5 Å². The summed E-state index contributed by atoms with van der Waals surface area (Å²) in [6.07, 6.45) is 16.5. The fourth-order valence-electron chi connectivity index (χ4n) is 6.11. The molecule has 0 bridgehead atoms. The molecule has 1 aliphatic heterocycles. The largest absolute Gasteiger partial charge is 1.00 e. The van der Waals surface area contributed by atoms with Crippen molar-refractivity contribution in [2.45, 2.75) is 71.7 Å². The van der Waals surface area contributed by atoms with Gasteiger partial charge in [0.1, 0.15) is 0 Å². The van der Waals surface area contributed by atoms with Crippen LogP contribution in [0.5, 0.6) is 0 Å². The van der Waals surface area contributed by atoms with Gasteiger partial charge in [-0.3, -0.25) is 0 Å². The predicted molar refractivity (Wildman–Crippen MR) is 99.1 cm³/mol. The van der Waals surface area contributed by atoms with Crippen molar-refractivity contribution >= 4 is 8.07 Å². The van der Waals surface area contributed by atoms with Crippen LogP contribution in [0.3, 0.4) is 0 Å². The van der Waals surface area contributed by atoms with Gasteiger partial charge in [-0.2, -0.15) is 0 Å². The van der Waals surface area contributed by atoms with Crippen LogP contribution in [0.1, 0.15) is 51.4 Å². The zero-order chi connectivity index (χ0) is 16.5. The Kier molecular flexibility index (Phi) is 5.02. The van der Waals surface area contributed by atoms with Crippen molar-refractivity contribution in [3.05, 3.63) is 44.8 Å². The molecular formula is C21H29ClOSiZr. The molecule has 0 aromatic rings. The first-order chi connectivity index (χ1) is 11.6. The standard InChI is InChI=1S/C20H26Si.CH3O.ClH.Zr/c1-21(2,19-11-15-7-3-4-8-16(15)12-19)20-13-17-9-5-6-10-18(17)14-20;1-2;;/h11-14H,3-10H2,1-2H3;1H3;1H;/q;-1;;+2/p-1. The molecule has 5 aliphatic rings. The number of halogens is 1. The second kappa shape index (κ2) is 6.73. The fraction of sp³-hybridized carbons (Fsp3) is 0.619. The molecule has 5 rings (SSSR count). The molecule has 0 saturated carbocycles. The van der Waals surface area contributed by atoms with Gasteiger partial charge in [-0.1, -0.05) is 0 Å². The van der Waals surface area contributed by atoms with E-state index in [0.29, 0.717) is 0 Å². The Bertz CT molecular complexity index is 672. The molecule has 2 unspecified atom stereocenters. The second-order valence-electron chi connectivity index (χ2n) is 8.81. The molecule has 25 heavy (non-hydrogen) atoms. The van der Waals surface area contributed by atoms with Crippen LogP contribution < -0.4 is 12.4 Å². The van der Waals surface area contributed by atoms with Gasteiger partial charge in [-0.05, 0) is 0 Å². The number of fused-ring (bicyclic) bond motifs is 4. The predicted octanol–water partition coefficient (Wildman–Crippen LogP) is 3.17. The molecule has 1 saturated heterocycles. The topological polar surface area (TPSA) is 9.23 Å². The van der Waals surface area contributed by atoms with Crippen molar-refractivity contribution in [1.29, 1.82) is 0 Å². The van der Waals surface area contributed by atoms with Gasteiger partial charge in [0.15, 0.2) is 0 Å². The summed E-state index contributed by atoms with van der Waals surface area (Å²) in [4.78, 5) is 0. The van der Waals surface area contributed by atoms with Gasteiger partial charge in [-0.15, -0.1) is 0 Å². The van der Waals surface area contributed by atoms with Crippen LogP contribution in [-0.2, 0) is 25.0 Å². The summed E-state index contributed by atoms with van der Waals surface area (Å²) in [5.41, 5.74) is 7.21. The molecule has 0 aromatic carbocycles. The monoisotopic (exact) mass is 450 g/mol. The second-order valence-corrected chi connectivity index (χ2v) is 19.0. The van der Waals surface area contributed by atoms with Crippen LogP contribution in [0, 0.1) is 0 Å². The van der Waals surface area contributed by atoms with Crippen molar-refractivity contribution < 1.29 is 37.4 Å². The van der Waals surface area contributed by atoms with Gasteiger partial charge in [-0.25, -0.2) is 0 Å². The maximum Gasteiger partial charge on any atom is -1.00 e. The summed E-state index contributed by atoms with van der Waals surface area (Å²) in [6, 6.07) is 0. The van der Waals surface area contributed by atoms with Crippen molar-refractivity contribution in [2.75, 3.05) is 7.11 Å². The molecule has 4 heteroatoms. The Morgan fingerprint density at radius 2 is 1.28 bits per heavy atom. The molecule has 1 nitrogen and oxygen atoms in total. The molecule has 0 radical (unpaired) electrons. The third-order valence-electron chi connectivity index (χ3n) is 7.34. The number of hydrogen-bond donors (Lipinski definition) is 0. The van der Waals surface area contributed by atoms with Gasteiger partial charge >= 0.3 is 157 Å². The summed E-state index contributed by atoms with van der Waals surface area (Å²) in [5.74, 6) is 0. The molecule has 2 atom stereocenters. The van der Waals surface area contributed by atoms with Crippen molar-refractivity contribution in [3.8, 4) is 0 Å². The van der Waals surface area contributed by atoms with Crippen LogP contribution in [-0.4, -0.2) is 15.2 Å². The summed E-state index contributed by atoms with van der Waals surface area (Å²) in [6.45, 7) is 5.30. The third-order valence-corrected chi connectivity index (χ3v) is 19.7. The van der Waals surface area contributed by atoms with Crippen LogP contribution >= 0.6 is 0 Å². The van der Waals surface area contributed by atoms with E-state index in [0.717, 1.165) is 7.25 Å². The summed E-state index contributed by atoms with van der Waals surface area (Å²) >= 11 is -2.02. The minimum absolute atomic E-state index is 0. The Morgan fingerprint density at radius 3 is 1.72 bits per heavy atom. The average Bonchev–Trinajstić information content (AvgIpc) is 3.17. The molecule has 134 valence electrons. The first kappa shape index (κ1) is 18.7. The van der Waals surface area contributed by atoms with E-state index in [9.17, 15) is 0 Å². The van der Waals surface area contributed by atoms with E-state index in [-0.39, 0.29) is 12.4 Å². The number of allylic oxidation sites excluding steroid dienone is 8. The molecule has 0 amide bonds. The molecular weight excluding hydrogens is 423 g/mol. The zero-order valence-corrected chi connectivity index (χ0v) is 20.0. The normalized spacial score (nSPS) is 32.4. The minimum Gasteiger partial charge on any atom is -1.00 e. The van der Waals surface area contributed by atoms with Gasteiger partial charge < -0.3 is 12.4 Å². The summed E-state index contributed by atoms with van der Waals surface area (Å²) in [5, 5.41) is 3.76. The Hall–Kier alpha value is 0.310. The molecule has 0 N–H and O–H groups in total. The average molecular weight is 452 g/mol. The molecule has 1 heterocycles. The van der Waals surface area contributed by atoms with E-state index >= 15 is 0 Å². The smallest absolute Gasteiger partial charge is 1.00 e. The van der Waals surface area contributed by atoms with Crippen molar-refractivity contribution in [3.63, 3.8) is 0 Å². The number of hydrogen-bond acceptors (Lipinski definition) is 1. The van der Waals surface area contributed by atoms with E-state index in [4.69, 9.17) is 2.81 Å². The maximum atomic E-state index is 6.48. The van der Waals surface area contributed by atoms with Gasteiger partial charge in [0.2, 0.25) is 0 Å². The first-order valence-corrected chi connectivity index (χ1v) is 16.8. The van der Waals surface area contributed by atoms with Crippen LogP contribution in [0.4, 0.5) is 0 Å². The van der Waals surface area contributed by atoms with Gasteiger partial charge in [0.25, 0.3) is 0 Å². The summed E-state index contributed by atoms with van der Waals surface area (Å²) in [7, 11) is 0.585. The minimum atomic E-state index is -2.02. The Morgan fingerprint density at radius 1 is 0.840 bits per heavy atom. The SMILES string of the molecule is C[O][Zr+]1[CH]2C(=CC3=C2CCCC3)[Si](C)(C)C2=CC3=C(CCCC3)[CH]21.[Cl-]. The van der Waals surface area contributed by atoms with Crippen molar-refractivity contribution in [1.82, 2.24) is 0 Å². The third kappa shape index (κ3) is 2.59. The van der Waals surface area contributed by atoms with E-state index in [1.165, 1.54) is 51.4 Å². The van der Waals surface area contributed by atoms with Crippen LogP contribution in [0.15, 0.2) is 44.8 Å². The van der Waals surface area contributed by atoms with Gasteiger partial charge in [0, 0.05) is 0 Å². The number of rotatable bonds is 1. The summed E-state index contributed by atoms with van der Waals surface area (Å²) < 4.78 is 8.10. The molecule has 1 fully saturated rings. The maximum absolute atomic E-state index is 6.48.